The Morgan fingerprint density at radius 2 is 1.71 bits per heavy atom. The Kier molecular flexibility index (Phi) is 3.51. The summed E-state index contributed by atoms with van der Waals surface area (Å²) in [5, 5.41) is 3.25. The molecule has 0 radical (unpaired) electrons. The van der Waals surface area contributed by atoms with Crippen molar-refractivity contribution >= 4 is 67.7 Å². The van der Waals surface area contributed by atoms with Gasteiger partial charge in [0.15, 0.2) is 0 Å². The molecule has 9 rings (SSSR count). The van der Waals surface area contributed by atoms with E-state index in [0.29, 0.717) is 5.56 Å². The first kappa shape index (κ1) is 20.5. The second-order valence-electron chi connectivity index (χ2n) is 10.9. The minimum Gasteiger partial charge on any atom is -0.456 e. The van der Waals surface area contributed by atoms with Gasteiger partial charge in [0.25, 0.3) is 6.71 Å². The fourth-order valence-electron chi connectivity index (χ4n) is 7.44. The highest BCUT2D eigenvalue weighted by Crippen LogP contribution is 2.40. The van der Waals surface area contributed by atoms with E-state index in [1.165, 1.54) is 33.3 Å². The van der Waals surface area contributed by atoms with Crippen molar-refractivity contribution in [2.45, 2.75) is 20.8 Å². The molecular weight excluding hydrogens is 470 g/mol. The summed E-state index contributed by atoms with van der Waals surface area (Å²) in [5.41, 5.74) is 15.3. The molecule has 0 saturated carbocycles. The number of aryl methyl sites for hydroxylation is 3. The highest BCUT2D eigenvalue weighted by atomic mass is 19.1. The molecule has 0 aliphatic carbocycles. The molecule has 0 atom stereocenters. The summed E-state index contributed by atoms with van der Waals surface area (Å²) in [4.78, 5) is 0. The Morgan fingerprint density at radius 1 is 0.868 bits per heavy atom. The molecule has 0 N–H and O–H groups in total. The zero-order valence-electron chi connectivity index (χ0n) is 21.3. The van der Waals surface area contributed by atoms with Crippen LogP contribution in [-0.2, 0) is 0 Å². The van der Waals surface area contributed by atoms with Gasteiger partial charge in [0, 0.05) is 27.5 Å². The van der Waals surface area contributed by atoms with Crippen molar-refractivity contribution < 1.29 is 8.81 Å². The van der Waals surface area contributed by atoms with Crippen LogP contribution in [0, 0.1) is 26.6 Å². The first-order chi connectivity index (χ1) is 18.5. The van der Waals surface area contributed by atoms with Gasteiger partial charge in [0.2, 0.25) is 0 Å². The smallest absolute Gasteiger partial charge is 0.252 e. The zero-order chi connectivity index (χ0) is 25.6. The number of imidazole rings is 1. The molecule has 0 saturated heterocycles. The van der Waals surface area contributed by atoms with Crippen molar-refractivity contribution in [1.29, 1.82) is 0 Å². The number of rotatable bonds is 1. The number of aromatic nitrogens is 2. The lowest BCUT2D eigenvalue weighted by molar-refractivity contribution is 0.620. The van der Waals surface area contributed by atoms with Gasteiger partial charge in [-0.25, -0.2) is 4.39 Å². The lowest BCUT2D eigenvalue weighted by atomic mass is 9.37. The summed E-state index contributed by atoms with van der Waals surface area (Å²) in [6, 6.07) is 20.9. The van der Waals surface area contributed by atoms with E-state index in [1.807, 2.05) is 31.2 Å². The molecule has 0 bridgehead atoms. The van der Waals surface area contributed by atoms with Crippen LogP contribution in [0.2, 0.25) is 0 Å². The first-order valence-electron chi connectivity index (χ1n) is 13.0. The number of benzene rings is 4. The molecule has 38 heavy (non-hydrogen) atoms. The molecule has 3 aromatic heterocycles. The fourth-order valence-corrected chi connectivity index (χ4v) is 7.44. The van der Waals surface area contributed by atoms with Crippen molar-refractivity contribution in [1.82, 2.24) is 8.97 Å². The van der Waals surface area contributed by atoms with Crippen LogP contribution in [0.15, 0.2) is 71.7 Å². The minimum atomic E-state index is -0.171. The molecule has 0 spiro atoms. The predicted octanol–water partition coefficient (Wildman–Crippen LogP) is 6.30. The maximum Gasteiger partial charge on any atom is 0.252 e. The van der Waals surface area contributed by atoms with Crippen molar-refractivity contribution in [2.75, 3.05) is 0 Å². The van der Waals surface area contributed by atoms with Crippen molar-refractivity contribution in [3.05, 3.63) is 95.6 Å². The first-order valence-corrected chi connectivity index (χ1v) is 13.0. The van der Waals surface area contributed by atoms with E-state index >= 15 is 4.39 Å². The quantitative estimate of drug-likeness (QED) is 0.247. The molecule has 5 heterocycles. The molecule has 4 aromatic carbocycles. The summed E-state index contributed by atoms with van der Waals surface area (Å²) in [6.45, 7) is 10.3. The van der Waals surface area contributed by atoms with Crippen molar-refractivity contribution in [3.8, 4) is 16.8 Å². The summed E-state index contributed by atoms with van der Waals surface area (Å²) < 4.78 is 26.2. The van der Waals surface area contributed by atoms with Crippen molar-refractivity contribution in [2.24, 2.45) is 0 Å². The second kappa shape index (κ2) is 6.49. The lowest BCUT2D eigenvalue weighted by Crippen LogP contribution is -2.53. The van der Waals surface area contributed by atoms with E-state index in [-0.39, 0.29) is 12.5 Å². The van der Waals surface area contributed by atoms with E-state index in [0.717, 1.165) is 55.3 Å². The monoisotopic (exact) mass is 492 g/mol. The number of fused-ring (bicyclic) bond motifs is 12. The summed E-state index contributed by atoms with van der Waals surface area (Å²) >= 11 is 0. The SMILES string of the molecule is C=Cc1c(C)n2c3cc(C)c(F)cc3c3c2n1-c1cc(C)cc2c1B3c1c-2ccc2oc3ccccc3c12. The Morgan fingerprint density at radius 3 is 2.55 bits per heavy atom. The second-order valence-corrected chi connectivity index (χ2v) is 10.9. The van der Waals surface area contributed by atoms with Crippen LogP contribution in [0.3, 0.4) is 0 Å². The third kappa shape index (κ3) is 2.12. The molecule has 5 heteroatoms. The molecule has 180 valence electrons. The largest absolute Gasteiger partial charge is 0.456 e. The number of hydrogen-bond donors (Lipinski definition) is 0. The van der Waals surface area contributed by atoms with E-state index in [2.05, 4.69) is 65.8 Å². The van der Waals surface area contributed by atoms with Crippen LogP contribution in [0.5, 0.6) is 0 Å². The third-order valence-corrected chi connectivity index (χ3v) is 8.90. The van der Waals surface area contributed by atoms with Gasteiger partial charge in [-0.05, 0) is 95.8 Å². The summed E-state index contributed by atoms with van der Waals surface area (Å²) in [5.74, 6) is -0.171. The number of furan rings is 1. The molecule has 7 aromatic rings. The van der Waals surface area contributed by atoms with Crippen LogP contribution in [-0.4, -0.2) is 15.7 Å². The normalized spacial score (nSPS) is 13.3. The van der Waals surface area contributed by atoms with Gasteiger partial charge in [-0.15, -0.1) is 0 Å². The Bertz CT molecular complexity index is 2260. The standard InChI is InChI=1S/C33H22BFN2O/c1-5-24-18(4)36-25-14-17(3)23(35)15-22(25)32-33(36)37(24)26-13-16(2)12-21-19-10-11-28-29(31(19)34(32)30(21)26)20-8-6-7-9-27(20)38-28/h5-15H,1H2,2-4H3. The van der Waals surface area contributed by atoms with Crippen LogP contribution in [0.25, 0.3) is 61.4 Å². The summed E-state index contributed by atoms with van der Waals surface area (Å²) in [7, 11) is 0. The average Bonchev–Trinajstić information content (AvgIpc) is 3.61. The number of halogens is 1. The maximum absolute atomic E-state index is 15.2. The predicted molar refractivity (Wildman–Crippen MR) is 156 cm³/mol. The lowest BCUT2D eigenvalue weighted by Gasteiger charge is -2.24. The maximum atomic E-state index is 15.2. The molecular formula is C33H22BFN2O. The van der Waals surface area contributed by atoms with Gasteiger partial charge in [0.05, 0.1) is 11.2 Å². The Hall–Kier alpha value is -4.51. The van der Waals surface area contributed by atoms with Crippen LogP contribution < -0.4 is 16.4 Å². The van der Waals surface area contributed by atoms with Gasteiger partial charge in [-0.3, -0.25) is 8.97 Å². The fraction of sp³-hybridized carbons (Fsp3) is 0.0909. The zero-order valence-corrected chi connectivity index (χ0v) is 21.3. The minimum absolute atomic E-state index is 0.0330. The van der Waals surface area contributed by atoms with E-state index in [4.69, 9.17) is 4.42 Å². The van der Waals surface area contributed by atoms with Gasteiger partial charge in [0.1, 0.15) is 22.6 Å². The van der Waals surface area contributed by atoms with Crippen molar-refractivity contribution in [3.63, 3.8) is 0 Å². The van der Waals surface area contributed by atoms with Crippen LogP contribution in [0.4, 0.5) is 4.39 Å². The molecule has 0 amide bonds. The molecule has 2 aliphatic heterocycles. The van der Waals surface area contributed by atoms with Gasteiger partial charge < -0.3 is 4.42 Å². The topological polar surface area (TPSA) is 22.5 Å². The van der Waals surface area contributed by atoms with E-state index < -0.39 is 0 Å². The van der Waals surface area contributed by atoms with E-state index in [9.17, 15) is 0 Å². The number of para-hydroxylation sites is 1. The summed E-state index contributed by atoms with van der Waals surface area (Å²) in [6.07, 6.45) is 1.95. The van der Waals surface area contributed by atoms with Crippen LogP contribution >= 0.6 is 0 Å². The molecule has 2 aliphatic rings. The van der Waals surface area contributed by atoms with Gasteiger partial charge in [-0.2, -0.15) is 0 Å². The Balaban J connectivity index is 1.58. The highest BCUT2D eigenvalue weighted by molar-refractivity contribution is 7.03. The molecule has 3 nitrogen and oxygen atoms in total. The van der Waals surface area contributed by atoms with Gasteiger partial charge in [-0.1, -0.05) is 36.9 Å². The van der Waals surface area contributed by atoms with Crippen LogP contribution in [0.1, 0.15) is 22.5 Å². The third-order valence-electron chi connectivity index (χ3n) is 8.90. The molecule has 0 fully saturated rings. The number of hydrogen-bond acceptors (Lipinski definition) is 1. The highest BCUT2D eigenvalue weighted by Gasteiger charge is 2.45. The average molecular weight is 492 g/mol. The molecule has 0 unspecified atom stereocenters. The number of nitrogens with zero attached hydrogens (tertiary/aromatic N) is 2. The Labute approximate surface area is 218 Å². The van der Waals surface area contributed by atoms with E-state index in [1.54, 1.807) is 6.07 Å². The van der Waals surface area contributed by atoms with Gasteiger partial charge >= 0.3 is 0 Å².